The molecule has 1 aromatic heterocycles. The number of anilines is 2. The van der Waals surface area contributed by atoms with E-state index in [2.05, 4.69) is 20.0 Å². The third kappa shape index (κ3) is 3.71. The fraction of sp³-hybridized carbons (Fsp3) is 0.176. The molecule has 0 amide bonds. The van der Waals surface area contributed by atoms with Gasteiger partial charge >= 0.3 is 6.36 Å². The van der Waals surface area contributed by atoms with Crippen molar-refractivity contribution >= 4 is 22.4 Å². The molecular weight excluding hydrogens is 351 g/mol. The van der Waals surface area contributed by atoms with Crippen molar-refractivity contribution in [1.82, 2.24) is 9.97 Å². The zero-order valence-electron chi connectivity index (χ0n) is 13.8. The highest BCUT2D eigenvalue weighted by atomic mass is 19.4. The second-order valence-electron chi connectivity index (χ2n) is 5.12. The summed E-state index contributed by atoms with van der Waals surface area (Å²) >= 11 is 0. The number of benzene rings is 2. The van der Waals surface area contributed by atoms with Crippen molar-refractivity contribution in [1.29, 1.82) is 0 Å². The van der Waals surface area contributed by atoms with Gasteiger partial charge in [0.05, 0.1) is 25.4 Å². The van der Waals surface area contributed by atoms with Gasteiger partial charge in [-0.3, -0.25) is 0 Å². The second kappa shape index (κ2) is 6.95. The van der Waals surface area contributed by atoms with Gasteiger partial charge in [0.1, 0.15) is 12.1 Å². The first-order chi connectivity index (χ1) is 12.4. The molecule has 1 N–H and O–H groups in total. The highest BCUT2D eigenvalue weighted by Gasteiger charge is 2.32. The topological polar surface area (TPSA) is 65.5 Å². The number of hydrogen-bond acceptors (Lipinski definition) is 6. The molecule has 136 valence electrons. The van der Waals surface area contributed by atoms with E-state index < -0.39 is 6.36 Å². The normalized spacial score (nSPS) is 11.3. The lowest BCUT2D eigenvalue weighted by molar-refractivity contribution is -0.274. The summed E-state index contributed by atoms with van der Waals surface area (Å²) in [5, 5.41) is 3.40. The molecule has 6 nitrogen and oxygen atoms in total. The maximum atomic E-state index is 12.6. The van der Waals surface area contributed by atoms with Crippen LogP contribution in [0.25, 0.3) is 10.9 Å². The van der Waals surface area contributed by atoms with Crippen molar-refractivity contribution < 1.29 is 27.4 Å². The Kier molecular flexibility index (Phi) is 4.70. The van der Waals surface area contributed by atoms with Crippen molar-refractivity contribution in [2.75, 3.05) is 19.5 Å². The summed E-state index contributed by atoms with van der Waals surface area (Å²) in [7, 11) is 2.97. The molecule has 0 aliphatic heterocycles. The number of para-hydroxylation sites is 2. The van der Waals surface area contributed by atoms with Crippen LogP contribution in [0.2, 0.25) is 0 Å². The zero-order chi connectivity index (χ0) is 18.7. The highest BCUT2D eigenvalue weighted by molar-refractivity contribution is 5.93. The number of ether oxygens (including phenoxy) is 3. The van der Waals surface area contributed by atoms with Crippen molar-refractivity contribution in [2.45, 2.75) is 6.36 Å². The Balaban J connectivity index is 2.05. The minimum atomic E-state index is -4.80. The summed E-state index contributed by atoms with van der Waals surface area (Å²) in [6, 6.07) is 8.98. The van der Waals surface area contributed by atoms with Gasteiger partial charge in [-0.1, -0.05) is 12.1 Å². The van der Waals surface area contributed by atoms with E-state index in [1.54, 1.807) is 18.2 Å². The highest BCUT2D eigenvalue weighted by Crippen LogP contribution is 2.36. The SMILES string of the molecule is COc1cc2ncnc(Nc3ccccc3OC(F)(F)F)c2cc1OC. The minimum absolute atomic E-state index is 0.111. The van der Waals surface area contributed by atoms with Gasteiger partial charge in [0.15, 0.2) is 17.2 Å². The first-order valence-corrected chi connectivity index (χ1v) is 7.40. The lowest BCUT2D eigenvalue weighted by Gasteiger charge is -2.15. The molecule has 0 fully saturated rings. The molecule has 0 aliphatic rings. The van der Waals surface area contributed by atoms with E-state index in [-0.39, 0.29) is 11.4 Å². The van der Waals surface area contributed by atoms with Crippen LogP contribution in [-0.2, 0) is 0 Å². The number of hydrogen-bond donors (Lipinski definition) is 1. The molecule has 2 aromatic carbocycles. The number of halogens is 3. The number of nitrogens with one attached hydrogen (secondary N) is 1. The van der Waals surface area contributed by atoms with Crippen molar-refractivity contribution in [2.24, 2.45) is 0 Å². The van der Waals surface area contributed by atoms with Gasteiger partial charge < -0.3 is 19.5 Å². The Hall–Kier alpha value is -3.23. The second-order valence-corrected chi connectivity index (χ2v) is 5.12. The molecule has 3 aromatic rings. The van der Waals surface area contributed by atoms with Crippen LogP contribution in [0.4, 0.5) is 24.7 Å². The summed E-state index contributed by atoms with van der Waals surface area (Å²) in [4.78, 5) is 8.27. The smallest absolute Gasteiger partial charge is 0.493 e. The van der Waals surface area contributed by atoms with E-state index >= 15 is 0 Å². The largest absolute Gasteiger partial charge is 0.573 e. The summed E-state index contributed by atoms with van der Waals surface area (Å²) in [5.41, 5.74) is 0.647. The van der Waals surface area contributed by atoms with Gasteiger partial charge in [-0.15, -0.1) is 13.2 Å². The fourth-order valence-electron chi connectivity index (χ4n) is 2.39. The van der Waals surface area contributed by atoms with E-state index in [1.165, 1.54) is 38.7 Å². The molecule has 0 saturated carbocycles. The molecule has 0 aliphatic carbocycles. The van der Waals surface area contributed by atoms with Crippen LogP contribution in [0.5, 0.6) is 17.2 Å². The lowest BCUT2D eigenvalue weighted by Crippen LogP contribution is -2.17. The van der Waals surface area contributed by atoms with Gasteiger partial charge in [-0.25, -0.2) is 9.97 Å². The van der Waals surface area contributed by atoms with Gasteiger partial charge in [-0.05, 0) is 18.2 Å². The standard InChI is InChI=1S/C17H14F3N3O3/c1-24-14-7-10-12(8-15(14)25-2)21-9-22-16(10)23-11-5-3-4-6-13(11)26-17(18,19)20/h3-9H,1-2H3,(H,21,22,23). The number of nitrogens with zero attached hydrogens (tertiary/aromatic N) is 2. The predicted octanol–water partition coefficient (Wildman–Crippen LogP) is 4.29. The average molecular weight is 365 g/mol. The molecule has 0 bridgehead atoms. The lowest BCUT2D eigenvalue weighted by atomic mass is 10.2. The predicted molar refractivity (Wildman–Crippen MR) is 89.0 cm³/mol. The Morgan fingerprint density at radius 3 is 2.31 bits per heavy atom. The van der Waals surface area contributed by atoms with E-state index in [1.807, 2.05) is 0 Å². The van der Waals surface area contributed by atoms with Crippen LogP contribution in [0, 0.1) is 0 Å². The molecule has 1 heterocycles. The van der Waals surface area contributed by atoms with Crippen LogP contribution in [0.1, 0.15) is 0 Å². The van der Waals surface area contributed by atoms with Crippen LogP contribution in [-0.4, -0.2) is 30.5 Å². The van der Waals surface area contributed by atoms with Crippen LogP contribution < -0.4 is 19.5 Å². The van der Waals surface area contributed by atoms with E-state index in [0.29, 0.717) is 28.2 Å². The number of alkyl halides is 3. The van der Waals surface area contributed by atoms with Crippen molar-refractivity contribution in [3.05, 3.63) is 42.7 Å². The zero-order valence-corrected chi connectivity index (χ0v) is 13.8. The minimum Gasteiger partial charge on any atom is -0.493 e. The summed E-state index contributed by atoms with van der Waals surface area (Å²) in [6.45, 7) is 0. The number of aromatic nitrogens is 2. The summed E-state index contributed by atoms with van der Waals surface area (Å²) in [5.74, 6) is 0.851. The van der Waals surface area contributed by atoms with Crippen LogP contribution in [0.3, 0.4) is 0 Å². The van der Waals surface area contributed by atoms with Gasteiger partial charge in [0.25, 0.3) is 0 Å². The summed E-state index contributed by atoms with van der Waals surface area (Å²) in [6.07, 6.45) is -3.51. The number of fused-ring (bicyclic) bond motifs is 1. The quantitative estimate of drug-likeness (QED) is 0.728. The van der Waals surface area contributed by atoms with Crippen molar-refractivity contribution in [3.63, 3.8) is 0 Å². The molecule has 0 atom stereocenters. The van der Waals surface area contributed by atoms with Gasteiger partial charge in [0, 0.05) is 11.5 Å². The molecule has 26 heavy (non-hydrogen) atoms. The number of methoxy groups -OCH3 is 2. The first kappa shape index (κ1) is 17.6. The molecule has 0 saturated heterocycles. The Morgan fingerprint density at radius 1 is 0.923 bits per heavy atom. The molecular formula is C17H14F3N3O3. The van der Waals surface area contributed by atoms with E-state index in [0.717, 1.165) is 0 Å². The van der Waals surface area contributed by atoms with E-state index in [4.69, 9.17) is 9.47 Å². The van der Waals surface area contributed by atoms with Gasteiger partial charge in [-0.2, -0.15) is 0 Å². The van der Waals surface area contributed by atoms with Crippen molar-refractivity contribution in [3.8, 4) is 17.2 Å². The Morgan fingerprint density at radius 2 is 1.62 bits per heavy atom. The molecule has 0 spiro atoms. The summed E-state index contributed by atoms with van der Waals surface area (Å²) < 4.78 is 52.3. The van der Waals surface area contributed by atoms with Crippen LogP contribution in [0.15, 0.2) is 42.7 Å². The Labute approximate surface area is 146 Å². The van der Waals surface area contributed by atoms with Crippen LogP contribution >= 0.6 is 0 Å². The monoisotopic (exact) mass is 365 g/mol. The third-order valence-corrected chi connectivity index (χ3v) is 3.51. The molecule has 3 rings (SSSR count). The first-order valence-electron chi connectivity index (χ1n) is 7.40. The fourth-order valence-corrected chi connectivity index (χ4v) is 2.39. The maximum Gasteiger partial charge on any atom is 0.573 e. The average Bonchev–Trinajstić information content (AvgIpc) is 2.61. The van der Waals surface area contributed by atoms with Gasteiger partial charge in [0.2, 0.25) is 0 Å². The maximum absolute atomic E-state index is 12.6. The number of rotatable bonds is 5. The molecule has 0 unspecified atom stereocenters. The third-order valence-electron chi connectivity index (χ3n) is 3.51. The molecule has 9 heteroatoms. The Bertz CT molecular complexity index is 932. The molecule has 0 radical (unpaired) electrons. The van der Waals surface area contributed by atoms with E-state index in [9.17, 15) is 13.2 Å².